The second-order valence-electron chi connectivity index (χ2n) is 4.19. The van der Waals surface area contributed by atoms with Gasteiger partial charge in [0.15, 0.2) is 0 Å². The van der Waals surface area contributed by atoms with E-state index in [0.29, 0.717) is 13.1 Å². The Morgan fingerprint density at radius 3 is 3.06 bits per heavy atom. The monoisotopic (exact) mass is 236 g/mol. The number of carbonyl (C=O) groups is 2. The van der Waals surface area contributed by atoms with E-state index in [1.807, 2.05) is 13.8 Å². The van der Waals surface area contributed by atoms with Crippen LogP contribution in [0.2, 0.25) is 0 Å². The highest BCUT2D eigenvalue weighted by Crippen LogP contribution is 2.17. The van der Waals surface area contributed by atoms with Gasteiger partial charge >= 0.3 is 0 Å². The molecular weight excluding hydrogens is 220 g/mol. The lowest BCUT2D eigenvalue weighted by molar-refractivity contribution is -0.123. The Kier molecular flexibility index (Phi) is 3.12. The van der Waals surface area contributed by atoms with E-state index in [-0.39, 0.29) is 24.2 Å². The van der Waals surface area contributed by atoms with Crippen LogP contribution in [0.15, 0.2) is 6.20 Å². The van der Waals surface area contributed by atoms with E-state index in [2.05, 4.69) is 15.7 Å². The first-order chi connectivity index (χ1) is 8.11. The van der Waals surface area contributed by atoms with Crippen molar-refractivity contribution >= 4 is 17.6 Å². The molecule has 0 spiro atoms. The minimum atomic E-state index is -0.276. The number of nitrogens with one attached hydrogen (secondary N) is 2. The minimum Gasteiger partial charge on any atom is -0.355 e. The molecule has 1 aromatic rings. The van der Waals surface area contributed by atoms with Crippen molar-refractivity contribution in [2.75, 3.05) is 11.9 Å². The largest absolute Gasteiger partial charge is 0.355 e. The first kappa shape index (κ1) is 11.6. The third-order valence-electron chi connectivity index (χ3n) is 2.91. The predicted octanol–water partition coefficient (Wildman–Crippen LogP) is 0.286. The molecule has 1 aromatic heterocycles. The maximum absolute atomic E-state index is 11.9. The molecule has 0 aliphatic carbocycles. The van der Waals surface area contributed by atoms with Crippen LogP contribution in [0.5, 0.6) is 0 Å². The molecule has 2 amide bonds. The van der Waals surface area contributed by atoms with Gasteiger partial charge in [0, 0.05) is 25.1 Å². The molecule has 0 saturated carbocycles. The number of hydrogen-bond donors (Lipinski definition) is 2. The van der Waals surface area contributed by atoms with Crippen LogP contribution in [-0.4, -0.2) is 28.1 Å². The van der Waals surface area contributed by atoms with Gasteiger partial charge in [0.05, 0.1) is 12.1 Å². The summed E-state index contributed by atoms with van der Waals surface area (Å²) < 4.78 is 1.73. The molecule has 1 aliphatic heterocycles. The van der Waals surface area contributed by atoms with Crippen LogP contribution in [0.1, 0.15) is 18.9 Å². The zero-order chi connectivity index (χ0) is 12.4. The van der Waals surface area contributed by atoms with Crippen molar-refractivity contribution in [2.45, 2.75) is 26.8 Å². The number of carbonyl (C=O) groups excluding carboxylic acids is 2. The summed E-state index contributed by atoms with van der Waals surface area (Å²) in [6.45, 7) is 4.98. The summed E-state index contributed by atoms with van der Waals surface area (Å²) in [7, 11) is 0. The summed E-state index contributed by atoms with van der Waals surface area (Å²) in [6, 6.07) is 0. The Morgan fingerprint density at radius 1 is 1.71 bits per heavy atom. The normalized spacial score (nSPS) is 19.2. The molecule has 2 heterocycles. The van der Waals surface area contributed by atoms with E-state index < -0.39 is 0 Å². The van der Waals surface area contributed by atoms with Gasteiger partial charge in [-0.2, -0.15) is 5.10 Å². The van der Waals surface area contributed by atoms with Crippen molar-refractivity contribution in [1.29, 1.82) is 0 Å². The standard InChI is InChI=1S/C11H16N4O2/c1-3-15-10(7(2)5-13-15)14-11(17)8-4-9(16)12-6-8/h5,8H,3-4,6H2,1-2H3,(H,12,16)(H,14,17). The van der Waals surface area contributed by atoms with Crippen LogP contribution in [0, 0.1) is 12.8 Å². The van der Waals surface area contributed by atoms with Crippen LogP contribution < -0.4 is 10.6 Å². The molecule has 0 radical (unpaired) electrons. The predicted molar refractivity (Wildman–Crippen MR) is 62.4 cm³/mol. The Balaban J connectivity index is 2.07. The van der Waals surface area contributed by atoms with Gasteiger partial charge in [-0.05, 0) is 13.8 Å². The van der Waals surface area contributed by atoms with Crippen molar-refractivity contribution in [1.82, 2.24) is 15.1 Å². The minimum absolute atomic E-state index is 0.0640. The number of anilines is 1. The van der Waals surface area contributed by atoms with Crippen LogP contribution in [0.4, 0.5) is 5.82 Å². The van der Waals surface area contributed by atoms with Crippen molar-refractivity contribution < 1.29 is 9.59 Å². The molecule has 92 valence electrons. The molecule has 1 unspecified atom stereocenters. The molecule has 1 fully saturated rings. The molecule has 2 rings (SSSR count). The quantitative estimate of drug-likeness (QED) is 0.791. The van der Waals surface area contributed by atoms with Crippen molar-refractivity contribution in [3.8, 4) is 0 Å². The van der Waals surface area contributed by atoms with Crippen molar-refractivity contribution in [2.24, 2.45) is 5.92 Å². The third-order valence-corrected chi connectivity index (χ3v) is 2.91. The van der Waals surface area contributed by atoms with E-state index in [1.54, 1.807) is 10.9 Å². The van der Waals surface area contributed by atoms with E-state index in [9.17, 15) is 9.59 Å². The third kappa shape index (κ3) is 2.30. The maximum atomic E-state index is 11.9. The zero-order valence-corrected chi connectivity index (χ0v) is 9.99. The maximum Gasteiger partial charge on any atom is 0.230 e. The number of nitrogens with zero attached hydrogens (tertiary/aromatic N) is 2. The number of rotatable bonds is 3. The summed E-state index contributed by atoms with van der Waals surface area (Å²) >= 11 is 0. The summed E-state index contributed by atoms with van der Waals surface area (Å²) in [4.78, 5) is 23.0. The van der Waals surface area contributed by atoms with Gasteiger partial charge in [0.2, 0.25) is 11.8 Å². The molecule has 1 aliphatic rings. The average molecular weight is 236 g/mol. The van der Waals surface area contributed by atoms with E-state index in [4.69, 9.17) is 0 Å². The first-order valence-corrected chi connectivity index (χ1v) is 5.71. The SMILES string of the molecule is CCn1ncc(C)c1NC(=O)C1CNC(=O)C1. The number of aromatic nitrogens is 2. The van der Waals surface area contributed by atoms with E-state index in [0.717, 1.165) is 11.4 Å². The summed E-state index contributed by atoms with van der Waals surface area (Å²) in [5.74, 6) is 0.256. The van der Waals surface area contributed by atoms with Gasteiger partial charge < -0.3 is 10.6 Å². The van der Waals surface area contributed by atoms with Gasteiger partial charge in [-0.25, -0.2) is 4.68 Å². The van der Waals surface area contributed by atoms with Gasteiger partial charge in [-0.1, -0.05) is 0 Å². The number of amides is 2. The Hall–Kier alpha value is -1.85. The van der Waals surface area contributed by atoms with Gasteiger partial charge in [0.25, 0.3) is 0 Å². The highest BCUT2D eigenvalue weighted by atomic mass is 16.2. The van der Waals surface area contributed by atoms with Crippen LogP contribution in [-0.2, 0) is 16.1 Å². The summed E-state index contributed by atoms with van der Waals surface area (Å²) in [5.41, 5.74) is 0.928. The van der Waals surface area contributed by atoms with Gasteiger partial charge in [-0.3, -0.25) is 9.59 Å². The molecule has 17 heavy (non-hydrogen) atoms. The smallest absolute Gasteiger partial charge is 0.230 e. The summed E-state index contributed by atoms with van der Waals surface area (Å²) in [5, 5.41) is 9.64. The summed E-state index contributed by atoms with van der Waals surface area (Å²) in [6.07, 6.45) is 1.99. The Bertz CT molecular complexity index is 452. The fourth-order valence-electron chi connectivity index (χ4n) is 1.89. The number of aryl methyl sites for hydroxylation is 2. The topological polar surface area (TPSA) is 76.0 Å². The van der Waals surface area contributed by atoms with Crippen molar-refractivity contribution in [3.63, 3.8) is 0 Å². The fraction of sp³-hybridized carbons (Fsp3) is 0.545. The molecule has 1 saturated heterocycles. The van der Waals surface area contributed by atoms with Crippen LogP contribution >= 0.6 is 0 Å². The van der Waals surface area contributed by atoms with Crippen LogP contribution in [0.3, 0.4) is 0 Å². The van der Waals surface area contributed by atoms with Gasteiger partial charge in [-0.15, -0.1) is 0 Å². The lowest BCUT2D eigenvalue weighted by Crippen LogP contribution is -2.26. The molecule has 6 heteroatoms. The van der Waals surface area contributed by atoms with Gasteiger partial charge in [0.1, 0.15) is 5.82 Å². The highest BCUT2D eigenvalue weighted by molar-refractivity contribution is 5.97. The lowest BCUT2D eigenvalue weighted by Gasteiger charge is -2.11. The molecule has 2 N–H and O–H groups in total. The molecular formula is C11H16N4O2. The average Bonchev–Trinajstić information content (AvgIpc) is 2.87. The first-order valence-electron chi connectivity index (χ1n) is 5.71. The second kappa shape index (κ2) is 4.57. The van der Waals surface area contributed by atoms with E-state index >= 15 is 0 Å². The van der Waals surface area contributed by atoms with Crippen molar-refractivity contribution in [3.05, 3.63) is 11.8 Å². The fourth-order valence-corrected chi connectivity index (χ4v) is 1.89. The lowest BCUT2D eigenvalue weighted by atomic mass is 10.1. The number of hydrogen-bond acceptors (Lipinski definition) is 3. The molecule has 0 bridgehead atoms. The Morgan fingerprint density at radius 2 is 2.47 bits per heavy atom. The molecule has 0 aromatic carbocycles. The molecule has 1 atom stereocenters. The Labute approximate surface area is 99.4 Å². The van der Waals surface area contributed by atoms with E-state index in [1.165, 1.54) is 0 Å². The zero-order valence-electron chi connectivity index (χ0n) is 9.99. The van der Waals surface area contributed by atoms with Crippen LogP contribution in [0.25, 0.3) is 0 Å². The molecule has 6 nitrogen and oxygen atoms in total. The highest BCUT2D eigenvalue weighted by Gasteiger charge is 2.28. The second-order valence-corrected chi connectivity index (χ2v) is 4.19.